The molecular weight excluding hydrogens is 188 g/mol. The van der Waals surface area contributed by atoms with Gasteiger partial charge in [0, 0.05) is 6.08 Å². The lowest BCUT2D eigenvalue weighted by Gasteiger charge is -2.07. The molecule has 0 bridgehead atoms. The van der Waals surface area contributed by atoms with Crippen molar-refractivity contribution in [3.63, 3.8) is 0 Å². The van der Waals surface area contributed by atoms with Crippen molar-refractivity contribution in [2.24, 2.45) is 0 Å². The van der Waals surface area contributed by atoms with Crippen molar-refractivity contribution in [2.75, 3.05) is 13.2 Å². The molecule has 15 heavy (non-hydrogen) atoms. The number of allylic oxidation sites excluding steroid dienone is 3. The summed E-state index contributed by atoms with van der Waals surface area (Å²) in [4.78, 5) is 0. The first-order valence-corrected chi connectivity index (χ1v) is 5.97. The van der Waals surface area contributed by atoms with Crippen molar-refractivity contribution in [1.82, 2.24) is 0 Å². The van der Waals surface area contributed by atoms with Gasteiger partial charge in [0.1, 0.15) is 0 Å². The number of hydrogen-bond acceptors (Lipinski definition) is 2. The molecule has 0 N–H and O–H groups in total. The van der Waals surface area contributed by atoms with Crippen LogP contribution in [-0.2, 0) is 9.47 Å². The highest BCUT2D eigenvalue weighted by atomic mass is 16.7. The molecule has 0 heterocycles. The van der Waals surface area contributed by atoms with Crippen LogP contribution in [0.2, 0.25) is 0 Å². The fourth-order valence-corrected chi connectivity index (χ4v) is 1.18. The molecule has 0 aromatic carbocycles. The van der Waals surface area contributed by atoms with E-state index in [4.69, 9.17) is 9.47 Å². The quantitative estimate of drug-likeness (QED) is 0.326. The van der Waals surface area contributed by atoms with Gasteiger partial charge in [0.25, 0.3) is 5.95 Å². The highest BCUT2D eigenvalue weighted by molar-refractivity contribution is 5.03. The average molecular weight is 212 g/mol. The second-order valence-corrected chi connectivity index (χ2v) is 3.28. The Labute approximate surface area is 94.0 Å². The molecule has 0 saturated heterocycles. The molecule has 2 nitrogen and oxygen atoms in total. The van der Waals surface area contributed by atoms with E-state index in [1.54, 1.807) is 0 Å². The van der Waals surface area contributed by atoms with Crippen LogP contribution < -0.4 is 0 Å². The van der Waals surface area contributed by atoms with Crippen LogP contribution >= 0.6 is 0 Å². The van der Waals surface area contributed by atoms with E-state index in [-0.39, 0.29) is 0 Å². The molecule has 0 radical (unpaired) electrons. The maximum absolute atomic E-state index is 5.30. The Morgan fingerprint density at radius 3 is 2.20 bits per heavy atom. The van der Waals surface area contributed by atoms with E-state index in [0.717, 1.165) is 6.42 Å². The van der Waals surface area contributed by atoms with Gasteiger partial charge in [0.2, 0.25) is 0 Å². The molecule has 0 aliphatic rings. The van der Waals surface area contributed by atoms with Gasteiger partial charge < -0.3 is 9.47 Å². The Morgan fingerprint density at radius 1 is 1.00 bits per heavy atom. The molecule has 0 atom stereocenters. The predicted molar refractivity (Wildman–Crippen MR) is 64.6 cm³/mol. The zero-order valence-electron chi connectivity index (χ0n) is 10.3. The van der Waals surface area contributed by atoms with Crippen LogP contribution in [0.1, 0.15) is 46.5 Å². The molecule has 88 valence electrons. The maximum atomic E-state index is 5.30. The lowest BCUT2D eigenvalue weighted by atomic mass is 10.2. The van der Waals surface area contributed by atoms with Crippen LogP contribution in [0, 0.1) is 0 Å². The summed E-state index contributed by atoms with van der Waals surface area (Å²) in [6.07, 6.45) is 11.0. The minimum atomic E-state index is 0.617. The zero-order valence-corrected chi connectivity index (χ0v) is 10.3. The molecule has 0 unspecified atom stereocenters. The second kappa shape index (κ2) is 11.2. The van der Waals surface area contributed by atoms with Gasteiger partial charge in [-0.15, -0.1) is 0 Å². The summed E-state index contributed by atoms with van der Waals surface area (Å²) in [5.41, 5.74) is 0. The van der Waals surface area contributed by atoms with Gasteiger partial charge in [-0.3, -0.25) is 0 Å². The summed E-state index contributed by atoms with van der Waals surface area (Å²) >= 11 is 0. The normalized spacial score (nSPS) is 10.3. The van der Waals surface area contributed by atoms with Crippen LogP contribution in [0.5, 0.6) is 0 Å². The third-order valence-electron chi connectivity index (χ3n) is 1.92. The fraction of sp³-hybridized carbons (Fsp3) is 0.692. The van der Waals surface area contributed by atoms with Crippen LogP contribution in [-0.4, -0.2) is 13.2 Å². The van der Waals surface area contributed by atoms with Crippen molar-refractivity contribution < 1.29 is 9.47 Å². The molecule has 0 saturated carbocycles. The minimum absolute atomic E-state index is 0.617. The first-order valence-electron chi connectivity index (χ1n) is 5.97. The number of unbranched alkanes of at least 4 members (excludes halogenated alkanes) is 3. The van der Waals surface area contributed by atoms with Crippen molar-refractivity contribution in [1.29, 1.82) is 0 Å². The lowest BCUT2D eigenvalue weighted by Crippen LogP contribution is -1.96. The topological polar surface area (TPSA) is 18.5 Å². The van der Waals surface area contributed by atoms with Gasteiger partial charge >= 0.3 is 0 Å². The summed E-state index contributed by atoms with van der Waals surface area (Å²) in [7, 11) is 0. The molecule has 0 aliphatic carbocycles. The van der Waals surface area contributed by atoms with Crippen LogP contribution in [0.15, 0.2) is 24.2 Å². The van der Waals surface area contributed by atoms with Crippen molar-refractivity contribution in [2.45, 2.75) is 46.5 Å². The Hall–Kier alpha value is -0.920. The number of rotatable bonds is 9. The largest absolute Gasteiger partial charge is 0.466 e. The lowest BCUT2D eigenvalue weighted by molar-refractivity contribution is 0.0468. The molecule has 2 heteroatoms. The summed E-state index contributed by atoms with van der Waals surface area (Å²) < 4.78 is 10.6. The molecule has 0 aromatic heterocycles. The number of ether oxygens (including phenoxy) is 2. The molecule has 0 spiro atoms. The third kappa shape index (κ3) is 9.39. The van der Waals surface area contributed by atoms with Gasteiger partial charge in [0.15, 0.2) is 0 Å². The maximum Gasteiger partial charge on any atom is 0.279 e. The van der Waals surface area contributed by atoms with E-state index in [0.29, 0.717) is 19.2 Å². The van der Waals surface area contributed by atoms with Crippen LogP contribution in [0.25, 0.3) is 0 Å². The molecular formula is C13H24O2. The zero-order chi connectivity index (χ0) is 11.4. The summed E-state index contributed by atoms with van der Waals surface area (Å²) in [6, 6.07) is 0. The third-order valence-corrected chi connectivity index (χ3v) is 1.92. The smallest absolute Gasteiger partial charge is 0.279 e. The second-order valence-electron chi connectivity index (χ2n) is 3.28. The first-order chi connectivity index (χ1) is 7.35. The average Bonchev–Trinajstić information content (AvgIpc) is 2.24. The van der Waals surface area contributed by atoms with Gasteiger partial charge in [0.05, 0.1) is 13.2 Å². The Kier molecular flexibility index (Phi) is 10.5. The molecule has 0 rings (SSSR count). The van der Waals surface area contributed by atoms with Crippen molar-refractivity contribution >= 4 is 0 Å². The van der Waals surface area contributed by atoms with E-state index < -0.39 is 0 Å². The van der Waals surface area contributed by atoms with Gasteiger partial charge in [-0.2, -0.15) is 0 Å². The Morgan fingerprint density at radius 2 is 1.67 bits per heavy atom. The van der Waals surface area contributed by atoms with Crippen LogP contribution in [0.4, 0.5) is 0 Å². The van der Waals surface area contributed by atoms with Gasteiger partial charge in [-0.1, -0.05) is 31.9 Å². The minimum Gasteiger partial charge on any atom is -0.466 e. The highest BCUT2D eigenvalue weighted by Gasteiger charge is 1.92. The predicted octanol–water partition coefficient (Wildman–Crippen LogP) is 4.04. The summed E-state index contributed by atoms with van der Waals surface area (Å²) in [5.74, 6) is 0.617. The van der Waals surface area contributed by atoms with Crippen LogP contribution in [0.3, 0.4) is 0 Å². The van der Waals surface area contributed by atoms with E-state index in [1.165, 1.54) is 19.3 Å². The van der Waals surface area contributed by atoms with E-state index in [1.807, 2.05) is 26.0 Å². The van der Waals surface area contributed by atoms with Crippen molar-refractivity contribution in [3.8, 4) is 0 Å². The Bertz CT molecular complexity index is 175. The molecule has 0 aromatic rings. The van der Waals surface area contributed by atoms with E-state index in [9.17, 15) is 0 Å². The SMILES string of the molecule is CCCCCC=CC=C(OCC)OCC. The highest BCUT2D eigenvalue weighted by Crippen LogP contribution is 2.02. The first kappa shape index (κ1) is 14.1. The van der Waals surface area contributed by atoms with Crippen molar-refractivity contribution in [3.05, 3.63) is 24.2 Å². The fourth-order valence-electron chi connectivity index (χ4n) is 1.18. The molecule has 0 amide bonds. The molecule has 0 fully saturated rings. The van der Waals surface area contributed by atoms with E-state index >= 15 is 0 Å². The standard InChI is InChI=1S/C13H24O2/c1-4-7-8-9-10-11-12-13(14-5-2)15-6-3/h10-12H,4-9H2,1-3H3. The molecule has 0 aliphatic heterocycles. The summed E-state index contributed by atoms with van der Waals surface area (Å²) in [6.45, 7) is 7.42. The summed E-state index contributed by atoms with van der Waals surface area (Å²) in [5, 5.41) is 0. The number of hydrogen-bond donors (Lipinski definition) is 0. The van der Waals surface area contributed by atoms with E-state index in [2.05, 4.69) is 13.0 Å². The van der Waals surface area contributed by atoms with Gasteiger partial charge in [-0.25, -0.2) is 0 Å². The Balaban J connectivity index is 3.75. The monoisotopic (exact) mass is 212 g/mol. The van der Waals surface area contributed by atoms with Gasteiger partial charge in [-0.05, 0) is 26.7 Å².